The van der Waals surface area contributed by atoms with Gasteiger partial charge in [-0.15, -0.1) is 0 Å². The van der Waals surface area contributed by atoms with Gasteiger partial charge in [-0.25, -0.2) is 8.78 Å². The van der Waals surface area contributed by atoms with Crippen LogP contribution in [0.1, 0.15) is 18.1 Å². The van der Waals surface area contributed by atoms with Crippen molar-refractivity contribution in [3.8, 4) is 0 Å². The van der Waals surface area contributed by atoms with Crippen LogP contribution in [0.15, 0.2) is 24.3 Å². The third-order valence-corrected chi connectivity index (χ3v) is 3.23. The first-order chi connectivity index (χ1) is 9.03. The van der Waals surface area contributed by atoms with Crippen molar-refractivity contribution < 1.29 is 18.7 Å². The molecule has 104 valence electrons. The molecule has 1 heterocycles. The lowest BCUT2D eigenvalue weighted by Crippen LogP contribution is -2.46. The van der Waals surface area contributed by atoms with Gasteiger partial charge in [0.05, 0.1) is 6.10 Å². The van der Waals surface area contributed by atoms with Gasteiger partial charge in [0.1, 0.15) is 5.82 Å². The van der Waals surface area contributed by atoms with Crippen LogP contribution in [0.4, 0.5) is 8.78 Å². The number of hydrogen-bond donors (Lipinski definition) is 3. The molecule has 0 aliphatic carbocycles. The Morgan fingerprint density at radius 3 is 2.89 bits per heavy atom. The quantitative estimate of drug-likeness (QED) is 0.754. The van der Waals surface area contributed by atoms with E-state index in [9.17, 15) is 18.7 Å². The first-order valence-corrected chi connectivity index (χ1v) is 6.13. The summed E-state index contributed by atoms with van der Waals surface area (Å²) in [5, 5.41) is 14.9. The molecule has 1 saturated heterocycles. The average molecular weight is 270 g/mol. The molecule has 1 fully saturated rings. The van der Waals surface area contributed by atoms with Gasteiger partial charge in [-0.3, -0.25) is 4.79 Å². The summed E-state index contributed by atoms with van der Waals surface area (Å²) in [5.74, 6) is -1.32. The number of alkyl halides is 1. The number of aliphatic hydroxyl groups excluding tert-OH is 1. The van der Waals surface area contributed by atoms with Crippen LogP contribution in [0.25, 0.3) is 0 Å². The number of aliphatic hydroxyl groups is 1. The van der Waals surface area contributed by atoms with Crippen molar-refractivity contribution >= 4 is 5.91 Å². The van der Waals surface area contributed by atoms with Crippen LogP contribution < -0.4 is 10.6 Å². The molecule has 1 aromatic carbocycles. The summed E-state index contributed by atoms with van der Waals surface area (Å²) in [7, 11) is 0. The summed E-state index contributed by atoms with van der Waals surface area (Å²) in [4.78, 5) is 11.7. The number of carbonyl (C=O) groups excluding carboxylic acids is 1. The van der Waals surface area contributed by atoms with E-state index in [1.54, 1.807) is 6.07 Å². The summed E-state index contributed by atoms with van der Waals surface area (Å²) < 4.78 is 27.4. The highest BCUT2D eigenvalue weighted by Crippen LogP contribution is 2.21. The lowest BCUT2D eigenvalue weighted by molar-refractivity contribution is -0.132. The van der Waals surface area contributed by atoms with Crippen LogP contribution in [0.2, 0.25) is 0 Å². The Bertz CT molecular complexity index is 462. The fraction of sp³-hybridized carbons (Fsp3) is 0.462. The topological polar surface area (TPSA) is 61.4 Å². The fourth-order valence-corrected chi connectivity index (χ4v) is 2.06. The molecule has 0 unspecified atom stereocenters. The molecule has 4 nitrogen and oxygen atoms in total. The maximum Gasteiger partial charge on any atom is 0.259 e. The summed E-state index contributed by atoms with van der Waals surface area (Å²) in [5.41, 5.74) is -1.85. The number of amides is 1. The van der Waals surface area contributed by atoms with E-state index in [0.29, 0.717) is 6.54 Å². The second-order valence-corrected chi connectivity index (χ2v) is 4.64. The summed E-state index contributed by atoms with van der Waals surface area (Å²) >= 11 is 0. The van der Waals surface area contributed by atoms with E-state index in [1.807, 2.05) is 0 Å². The highest BCUT2D eigenvalue weighted by molar-refractivity contribution is 5.85. The second kappa shape index (κ2) is 5.63. The summed E-state index contributed by atoms with van der Waals surface area (Å²) in [6, 6.07) is 5.73. The molecule has 0 spiro atoms. The van der Waals surface area contributed by atoms with Crippen LogP contribution in [0, 0.1) is 5.82 Å². The van der Waals surface area contributed by atoms with Gasteiger partial charge in [-0.05, 0) is 12.6 Å². The van der Waals surface area contributed by atoms with Crippen LogP contribution >= 0.6 is 0 Å². The predicted octanol–water partition coefficient (Wildman–Crippen LogP) is 0.677. The molecule has 1 aliphatic heterocycles. The Morgan fingerprint density at radius 1 is 1.53 bits per heavy atom. The highest BCUT2D eigenvalue weighted by atomic mass is 19.1. The highest BCUT2D eigenvalue weighted by Gasteiger charge is 2.41. The van der Waals surface area contributed by atoms with Gasteiger partial charge in [0.25, 0.3) is 5.91 Å². The maximum absolute atomic E-state index is 14.0. The van der Waals surface area contributed by atoms with Crippen molar-refractivity contribution in [1.29, 1.82) is 0 Å². The van der Waals surface area contributed by atoms with Crippen molar-refractivity contribution in [2.45, 2.75) is 18.2 Å². The third kappa shape index (κ3) is 3.08. The number of carbonyl (C=O) groups is 1. The molecule has 6 heteroatoms. The molecule has 3 N–H and O–H groups in total. The molecule has 0 aromatic heterocycles. The largest absolute Gasteiger partial charge is 0.386 e. The number of benzene rings is 1. The normalized spacial score (nSPS) is 24.2. The molecular weight excluding hydrogens is 254 g/mol. The van der Waals surface area contributed by atoms with Crippen LogP contribution in [0.5, 0.6) is 0 Å². The van der Waals surface area contributed by atoms with Gasteiger partial charge in [0.15, 0.2) is 0 Å². The van der Waals surface area contributed by atoms with Crippen molar-refractivity contribution in [2.75, 3.05) is 19.6 Å². The van der Waals surface area contributed by atoms with Crippen molar-refractivity contribution in [3.63, 3.8) is 0 Å². The zero-order chi connectivity index (χ0) is 13.9. The molecule has 19 heavy (non-hydrogen) atoms. The Balaban J connectivity index is 1.92. The van der Waals surface area contributed by atoms with Crippen molar-refractivity contribution in [3.05, 3.63) is 35.6 Å². The molecule has 0 radical (unpaired) electrons. The van der Waals surface area contributed by atoms with Gasteiger partial charge in [0, 0.05) is 25.1 Å². The molecule has 1 aliphatic rings. The van der Waals surface area contributed by atoms with Gasteiger partial charge in [-0.2, -0.15) is 0 Å². The zero-order valence-electron chi connectivity index (χ0n) is 10.3. The lowest BCUT2D eigenvalue weighted by Gasteiger charge is -2.19. The van der Waals surface area contributed by atoms with Crippen molar-refractivity contribution in [1.82, 2.24) is 10.6 Å². The second-order valence-electron chi connectivity index (χ2n) is 4.64. The molecule has 0 saturated carbocycles. The van der Waals surface area contributed by atoms with Crippen LogP contribution in [-0.2, 0) is 4.79 Å². The van der Waals surface area contributed by atoms with Crippen molar-refractivity contribution in [2.24, 2.45) is 0 Å². The standard InChI is InChI=1S/C13H16F2N2O2/c14-10-4-2-1-3-9(10)11(18)7-17-12(19)13(15)5-6-16-8-13/h1-4,11,16,18H,5-8H2,(H,17,19)/t11-,13+/m1/s1. The SMILES string of the molecule is O=C(NC[C@@H](O)c1ccccc1F)[C@]1(F)CCNC1. The zero-order valence-corrected chi connectivity index (χ0v) is 10.3. The summed E-state index contributed by atoms with van der Waals surface area (Å²) in [6.45, 7) is 0.194. The molecule has 0 bridgehead atoms. The minimum atomic E-state index is -1.94. The number of rotatable bonds is 4. The Kier molecular flexibility index (Phi) is 4.11. The van der Waals surface area contributed by atoms with Crippen LogP contribution in [-0.4, -0.2) is 36.3 Å². The average Bonchev–Trinajstić information content (AvgIpc) is 2.84. The van der Waals surface area contributed by atoms with Crippen LogP contribution in [0.3, 0.4) is 0 Å². The number of halogens is 2. The van der Waals surface area contributed by atoms with E-state index in [1.165, 1.54) is 18.2 Å². The predicted molar refractivity (Wildman–Crippen MR) is 65.7 cm³/mol. The number of nitrogens with one attached hydrogen (secondary N) is 2. The van der Waals surface area contributed by atoms with Gasteiger partial charge >= 0.3 is 0 Å². The molecule has 2 atom stereocenters. The first kappa shape index (κ1) is 13.9. The van der Waals surface area contributed by atoms with E-state index in [2.05, 4.69) is 10.6 Å². The fourth-order valence-electron chi connectivity index (χ4n) is 2.06. The molecule has 1 aromatic rings. The Morgan fingerprint density at radius 2 is 2.26 bits per heavy atom. The number of hydrogen-bond acceptors (Lipinski definition) is 3. The molecular formula is C13H16F2N2O2. The van der Waals surface area contributed by atoms with E-state index in [4.69, 9.17) is 0 Å². The monoisotopic (exact) mass is 270 g/mol. The Hall–Kier alpha value is -1.53. The summed E-state index contributed by atoms with van der Waals surface area (Å²) in [6.07, 6.45) is -1.09. The smallest absolute Gasteiger partial charge is 0.259 e. The maximum atomic E-state index is 14.0. The van der Waals surface area contributed by atoms with E-state index < -0.39 is 23.5 Å². The third-order valence-electron chi connectivity index (χ3n) is 3.23. The van der Waals surface area contributed by atoms with Gasteiger partial charge < -0.3 is 15.7 Å². The minimum Gasteiger partial charge on any atom is -0.386 e. The van der Waals surface area contributed by atoms with Gasteiger partial charge in [-0.1, -0.05) is 18.2 Å². The first-order valence-electron chi connectivity index (χ1n) is 6.13. The van der Waals surface area contributed by atoms with E-state index >= 15 is 0 Å². The Labute approximate surface area is 109 Å². The van der Waals surface area contributed by atoms with E-state index in [-0.39, 0.29) is 25.1 Å². The van der Waals surface area contributed by atoms with Gasteiger partial charge in [0.2, 0.25) is 5.67 Å². The van der Waals surface area contributed by atoms with E-state index in [0.717, 1.165) is 0 Å². The molecule has 1 amide bonds. The molecule has 2 rings (SSSR count). The minimum absolute atomic E-state index is 0.0331. The lowest BCUT2D eigenvalue weighted by atomic mass is 10.0.